The van der Waals surface area contributed by atoms with Crippen LogP contribution in [-0.2, 0) is 0 Å². The number of aliphatic hydroxyl groups excluding tert-OH is 1. The van der Waals surface area contributed by atoms with Crippen molar-refractivity contribution in [3.05, 3.63) is 77.1 Å². The van der Waals surface area contributed by atoms with E-state index in [9.17, 15) is 27.5 Å². The Morgan fingerprint density at radius 1 is 1.08 bits per heavy atom. The maximum absolute atomic E-state index is 13.8. The van der Waals surface area contributed by atoms with Gasteiger partial charge in [0.05, 0.1) is 28.8 Å². The Balaban J connectivity index is 2.51. The fraction of sp³-hybridized carbons (Fsp3) is 0.111. The van der Waals surface area contributed by atoms with Crippen molar-refractivity contribution in [2.24, 2.45) is 4.99 Å². The number of carbonyl (C=O) groups is 1. The van der Waals surface area contributed by atoms with Gasteiger partial charge in [-0.2, -0.15) is 0 Å². The lowest BCUT2D eigenvalue weighted by molar-refractivity contribution is 0.103. The number of aliphatic hydroxyl groups is 1. The number of aliphatic imine (C=N–C) groups is 1. The standard InChI is InChI=1S/C18H13F4NO2/c1-2-14(23-10-6-4-3-5-7-10)12(9-24)18(25)11-8-13(19)16(21)17(22)15(11)20/h3-9,24H,2H2,1H3. The Morgan fingerprint density at radius 2 is 1.72 bits per heavy atom. The van der Waals surface area contributed by atoms with E-state index < -0.39 is 40.2 Å². The molecule has 0 atom stereocenters. The predicted octanol–water partition coefficient (Wildman–Crippen LogP) is 5.05. The first-order valence-electron chi connectivity index (χ1n) is 7.25. The van der Waals surface area contributed by atoms with Crippen molar-refractivity contribution in [3.63, 3.8) is 0 Å². The van der Waals surface area contributed by atoms with Crippen LogP contribution in [0, 0.1) is 23.3 Å². The maximum atomic E-state index is 13.8. The average Bonchev–Trinajstić information content (AvgIpc) is 2.63. The minimum atomic E-state index is -2.10. The molecule has 25 heavy (non-hydrogen) atoms. The molecule has 3 nitrogen and oxygen atoms in total. The number of rotatable bonds is 5. The molecule has 0 radical (unpaired) electrons. The molecule has 0 aliphatic heterocycles. The molecule has 0 heterocycles. The summed E-state index contributed by atoms with van der Waals surface area (Å²) in [6.07, 6.45) is 0.549. The molecular formula is C18H13F4NO2. The third-order valence-electron chi connectivity index (χ3n) is 3.39. The third-order valence-corrected chi connectivity index (χ3v) is 3.39. The largest absolute Gasteiger partial charge is 0.515 e. The molecule has 0 amide bonds. The normalized spacial score (nSPS) is 12.4. The number of nitrogens with zero attached hydrogens (tertiary/aromatic N) is 1. The van der Waals surface area contributed by atoms with Gasteiger partial charge in [-0.05, 0) is 24.6 Å². The first kappa shape index (κ1) is 18.4. The molecule has 2 aromatic carbocycles. The van der Waals surface area contributed by atoms with Crippen LogP contribution in [0.1, 0.15) is 23.7 Å². The second-order valence-electron chi connectivity index (χ2n) is 4.97. The second kappa shape index (κ2) is 7.74. The smallest absolute Gasteiger partial charge is 0.201 e. The minimum Gasteiger partial charge on any atom is -0.515 e. The molecule has 0 bridgehead atoms. The molecule has 2 aromatic rings. The van der Waals surface area contributed by atoms with Crippen molar-refractivity contribution in [3.8, 4) is 0 Å². The lowest BCUT2D eigenvalue weighted by Gasteiger charge is -2.10. The van der Waals surface area contributed by atoms with Crippen molar-refractivity contribution >= 4 is 17.2 Å². The third kappa shape index (κ3) is 3.76. The van der Waals surface area contributed by atoms with Crippen LogP contribution in [0.4, 0.5) is 23.2 Å². The number of Topliss-reactive ketones (excluding diaryl/α,β-unsaturated/α-hetero) is 1. The summed E-state index contributed by atoms with van der Waals surface area (Å²) in [7, 11) is 0. The van der Waals surface area contributed by atoms with E-state index in [4.69, 9.17) is 0 Å². The summed E-state index contributed by atoms with van der Waals surface area (Å²) < 4.78 is 53.6. The molecule has 7 heteroatoms. The molecule has 0 aromatic heterocycles. The highest BCUT2D eigenvalue weighted by molar-refractivity contribution is 6.28. The van der Waals surface area contributed by atoms with E-state index >= 15 is 0 Å². The summed E-state index contributed by atoms with van der Waals surface area (Å²) in [5.74, 6) is -8.87. The van der Waals surface area contributed by atoms with E-state index in [0.29, 0.717) is 11.9 Å². The zero-order chi connectivity index (χ0) is 18.6. The molecule has 0 aliphatic rings. The first-order chi connectivity index (χ1) is 11.9. The van der Waals surface area contributed by atoms with Crippen LogP contribution in [-0.4, -0.2) is 16.6 Å². The molecule has 130 valence electrons. The summed E-state index contributed by atoms with van der Waals surface area (Å²) in [5.41, 5.74) is -0.951. The van der Waals surface area contributed by atoms with Crippen LogP contribution < -0.4 is 0 Å². The summed E-state index contributed by atoms with van der Waals surface area (Å²) in [4.78, 5) is 16.6. The number of hydrogen-bond donors (Lipinski definition) is 1. The molecule has 2 rings (SSSR count). The number of allylic oxidation sites excluding steroid dienone is 1. The Bertz CT molecular complexity index is 861. The molecule has 0 saturated carbocycles. The van der Waals surface area contributed by atoms with E-state index in [1.54, 1.807) is 37.3 Å². The van der Waals surface area contributed by atoms with Crippen molar-refractivity contribution < 1.29 is 27.5 Å². The van der Waals surface area contributed by atoms with E-state index in [2.05, 4.69) is 4.99 Å². The molecule has 0 fully saturated rings. The number of para-hydroxylation sites is 1. The summed E-state index contributed by atoms with van der Waals surface area (Å²) in [6.45, 7) is 1.63. The number of carbonyl (C=O) groups excluding carboxylic acids is 1. The molecule has 0 unspecified atom stereocenters. The average molecular weight is 351 g/mol. The molecule has 1 N–H and O–H groups in total. The van der Waals surface area contributed by atoms with Gasteiger partial charge in [-0.15, -0.1) is 0 Å². The number of halogens is 4. The highest BCUT2D eigenvalue weighted by atomic mass is 19.2. The molecular weight excluding hydrogens is 338 g/mol. The van der Waals surface area contributed by atoms with Gasteiger partial charge in [-0.25, -0.2) is 17.6 Å². The van der Waals surface area contributed by atoms with Gasteiger partial charge in [0.25, 0.3) is 0 Å². The number of hydrogen-bond acceptors (Lipinski definition) is 3. The number of benzene rings is 2. The highest BCUT2D eigenvalue weighted by Crippen LogP contribution is 2.23. The fourth-order valence-electron chi connectivity index (χ4n) is 2.14. The Kier molecular flexibility index (Phi) is 5.69. The van der Waals surface area contributed by atoms with E-state index in [-0.39, 0.29) is 18.2 Å². The lowest BCUT2D eigenvalue weighted by Crippen LogP contribution is -2.16. The van der Waals surface area contributed by atoms with Gasteiger partial charge in [0.2, 0.25) is 5.78 Å². The van der Waals surface area contributed by atoms with Crippen molar-refractivity contribution in [2.75, 3.05) is 0 Å². The van der Waals surface area contributed by atoms with Gasteiger partial charge in [-0.1, -0.05) is 25.1 Å². The van der Waals surface area contributed by atoms with E-state index in [0.717, 1.165) is 0 Å². The predicted molar refractivity (Wildman–Crippen MR) is 85.1 cm³/mol. The summed E-state index contributed by atoms with van der Waals surface area (Å²) in [5, 5.41) is 9.37. The van der Waals surface area contributed by atoms with E-state index in [1.165, 1.54) is 0 Å². The Hall–Kier alpha value is -2.96. The summed E-state index contributed by atoms with van der Waals surface area (Å²) >= 11 is 0. The zero-order valence-electron chi connectivity index (χ0n) is 13.1. The van der Waals surface area contributed by atoms with E-state index in [1.807, 2.05) is 0 Å². The topological polar surface area (TPSA) is 49.7 Å². The second-order valence-corrected chi connectivity index (χ2v) is 4.97. The molecule has 0 saturated heterocycles. The van der Waals surface area contributed by atoms with Crippen LogP contribution in [0.25, 0.3) is 0 Å². The van der Waals surface area contributed by atoms with Crippen molar-refractivity contribution in [1.82, 2.24) is 0 Å². The van der Waals surface area contributed by atoms with Gasteiger partial charge in [0.15, 0.2) is 23.3 Å². The van der Waals surface area contributed by atoms with Crippen LogP contribution >= 0.6 is 0 Å². The number of ketones is 1. The van der Waals surface area contributed by atoms with Gasteiger partial charge in [0, 0.05) is 0 Å². The van der Waals surface area contributed by atoms with Gasteiger partial charge in [-0.3, -0.25) is 9.79 Å². The van der Waals surface area contributed by atoms with Crippen molar-refractivity contribution in [2.45, 2.75) is 13.3 Å². The quantitative estimate of drug-likeness (QED) is 0.156. The molecule has 0 spiro atoms. The van der Waals surface area contributed by atoms with Gasteiger partial charge in [0.1, 0.15) is 0 Å². The van der Waals surface area contributed by atoms with Crippen LogP contribution in [0.15, 0.2) is 53.2 Å². The molecule has 0 aliphatic carbocycles. The minimum absolute atomic E-state index is 0.0724. The zero-order valence-corrected chi connectivity index (χ0v) is 13.1. The Labute approximate surface area is 141 Å². The van der Waals surface area contributed by atoms with Gasteiger partial charge < -0.3 is 5.11 Å². The highest BCUT2D eigenvalue weighted by Gasteiger charge is 2.26. The van der Waals surface area contributed by atoms with Crippen molar-refractivity contribution in [1.29, 1.82) is 0 Å². The fourth-order valence-corrected chi connectivity index (χ4v) is 2.14. The maximum Gasteiger partial charge on any atom is 0.201 e. The Morgan fingerprint density at radius 3 is 2.28 bits per heavy atom. The SMILES string of the molecule is CCC(=Nc1ccccc1)C(=CO)C(=O)c1cc(F)c(F)c(F)c1F. The summed E-state index contributed by atoms with van der Waals surface area (Å²) in [6, 6.07) is 8.65. The van der Waals surface area contributed by atoms with Crippen LogP contribution in [0.5, 0.6) is 0 Å². The van der Waals surface area contributed by atoms with Crippen LogP contribution in [0.2, 0.25) is 0 Å². The first-order valence-corrected chi connectivity index (χ1v) is 7.25. The van der Waals surface area contributed by atoms with Gasteiger partial charge >= 0.3 is 0 Å². The van der Waals surface area contributed by atoms with Crippen LogP contribution in [0.3, 0.4) is 0 Å². The monoisotopic (exact) mass is 351 g/mol. The lowest BCUT2D eigenvalue weighted by atomic mass is 9.98.